The fourth-order valence-electron chi connectivity index (χ4n) is 4.29. The first-order chi connectivity index (χ1) is 16.5. The van der Waals surface area contributed by atoms with Gasteiger partial charge in [0, 0.05) is 24.2 Å². The number of rotatable bonds is 4. The number of morpholine rings is 1. The second-order valence-electron chi connectivity index (χ2n) is 8.02. The molecule has 0 spiro atoms. The van der Waals surface area contributed by atoms with Gasteiger partial charge in [0.15, 0.2) is 0 Å². The maximum Gasteiger partial charge on any atom is 0.265 e. The number of ether oxygens (including phenoxy) is 1. The third kappa shape index (κ3) is 3.93. The fraction of sp³-hybridized carbons (Fsp3) is 0.200. The molecule has 0 aliphatic carbocycles. The van der Waals surface area contributed by atoms with Crippen molar-refractivity contribution in [2.24, 2.45) is 0 Å². The average Bonchev–Trinajstić information content (AvgIpc) is 2.87. The quantitative estimate of drug-likeness (QED) is 0.623. The van der Waals surface area contributed by atoms with Gasteiger partial charge in [-0.2, -0.15) is 0 Å². The molecule has 0 atom stereocenters. The zero-order valence-electron chi connectivity index (χ0n) is 18.3. The van der Waals surface area contributed by atoms with Crippen LogP contribution < -0.4 is 9.62 Å². The van der Waals surface area contributed by atoms with Crippen molar-refractivity contribution in [1.29, 1.82) is 0 Å². The molecule has 0 bridgehead atoms. The Morgan fingerprint density at radius 1 is 0.853 bits per heavy atom. The molecule has 1 fully saturated rings. The molecule has 0 saturated carbocycles. The van der Waals surface area contributed by atoms with Gasteiger partial charge in [0.25, 0.3) is 15.9 Å². The molecule has 174 valence electrons. The number of nitrogens with zero attached hydrogens (tertiary/aromatic N) is 2. The van der Waals surface area contributed by atoms with Crippen molar-refractivity contribution in [3.8, 4) is 11.1 Å². The van der Waals surface area contributed by atoms with E-state index in [9.17, 15) is 18.0 Å². The summed E-state index contributed by atoms with van der Waals surface area (Å²) in [5.74, 6) is -0.746. The average molecular weight is 478 g/mol. The van der Waals surface area contributed by atoms with Gasteiger partial charge in [-0.15, -0.1) is 0 Å². The number of anilines is 2. The number of hydrogen-bond donors (Lipinski definition) is 1. The Bertz CT molecular complexity index is 1370. The van der Waals surface area contributed by atoms with Crippen molar-refractivity contribution in [2.45, 2.75) is 4.90 Å². The van der Waals surface area contributed by atoms with Gasteiger partial charge in [0.2, 0.25) is 5.91 Å². The summed E-state index contributed by atoms with van der Waals surface area (Å²) < 4.78 is 33.2. The van der Waals surface area contributed by atoms with Gasteiger partial charge < -0.3 is 15.0 Å². The van der Waals surface area contributed by atoms with Crippen molar-refractivity contribution in [3.05, 3.63) is 78.4 Å². The molecule has 1 saturated heterocycles. The van der Waals surface area contributed by atoms with Crippen molar-refractivity contribution in [2.75, 3.05) is 42.5 Å². The number of nitrogens with one attached hydrogen (secondary N) is 1. The summed E-state index contributed by atoms with van der Waals surface area (Å²) in [5.41, 5.74) is 2.48. The predicted octanol–water partition coefficient (Wildman–Crippen LogP) is 2.97. The number of sulfonamides is 1. The SMILES string of the molecule is O=C(CN1c2ccccc2-c2ccccc2S1(=O)=O)Nc1ccccc1C(=O)N1CCOCC1. The first-order valence-corrected chi connectivity index (χ1v) is 12.4. The van der Waals surface area contributed by atoms with Crippen LogP contribution in [0.1, 0.15) is 10.4 Å². The van der Waals surface area contributed by atoms with E-state index < -0.39 is 22.5 Å². The fourth-order valence-corrected chi connectivity index (χ4v) is 5.94. The Balaban J connectivity index is 1.42. The maximum absolute atomic E-state index is 13.4. The lowest BCUT2D eigenvalue weighted by Crippen LogP contribution is -2.42. The Morgan fingerprint density at radius 3 is 2.29 bits per heavy atom. The van der Waals surface area contributed by atoms with Crippen LogP contribution in [0.5, 0.6) is 0 Å². The molecule has 2 aliphatic heterocycles. The highest BCUT2D eigenvalue weighted by Gasteiger charge is 2.35. The maximum atomic E-state index is 13.4. The summed E-state index contributed by atoms with van der Waals surface area (Å²) >= 11 is 0. The van der Waals surface area contributed by atoms with Crippen LogP contribution in [-0.2, 0) is 19.6 Å². The molecule has 1 N–H and O–H groups in total. The first kappa shape index (κ1) is 22.1. The van der Waals surface area contributed by atoms with Crippen molar-refractivity contribution in [1.82, 2.24) is 4.90 Å². The van der Waals surface area contributed by atoms with Crippen LogP contribution in [0.2, 0.25) is 0 Å². The van der Waals surface area contributed by atoms with E-state index >= 15 is 0 Å². The van der Waals surface area contributed by atoms with E-state index in [1.54, 1.807) is 65.6 Å². The standard InChI is InChI=1S/C25H23N3O5S/c29-24(26-21-10-4-1-9-20(21)25(30)27-13-15-33-16-14-27)17-28-22-11-5-2-7-18(22)19-8-3-6-12-23(19)34(28,31)32/h1-12H,13-17H2,(H,26,29). The summed E-state index contributed by atoms with van der Waals surface area (Å²) in [6.45, 7) is 1.46. The molecule has 0 unspecified atom stereocenters. The number of fused-ring (bicyclic) bond motifs is 3. The zero-order chi connectivity index (χ0) is 23.7. The summed E-state index contributed by atoms with van der Waals surface area (Å²) in [5, 5.41) is 2.75. The van der Waals surface area contributed by atoms with E-state index in [2.05, 4.69) is 5.32 Å². The van der Waals surface area contributed by atoms with Gasteiger partial charge in [0.05, 0.1) is 35.0 Å². The molecule has 3 aromatic carbocycles. The molecule has 3 aromatic rings. The number of benzene rings is 3. The molecule has 0 radical (unpaired) electrons. The topological polar surface area (TPSA) is 96.0 Å². The van der Waals surface area contributed by atoms with E-state index in [1.165, 1.54) is 0 Å². The van der Waals surface area contributed by atoms with Crippen molar-refractivity contribution < 1.29 is 22.7 Å². The van der Waals surface area contributed by atoms with Crippen molar-refractivity contribution in [3.63, 3.8) is 0 Å². The van der Waals surface area contributed by atoms with Gasteiger partial charge in [0.1, 0.15) is 6.54 Å². The second kappa shape index (κ2) is 8.92. The van der Waals surface area contributed by atoms with E-state index in [4.69, 9.17) is 4.74 Å². The van der Waals surface area contributed by atoms with Crippen LogP contribution in [0.4, 0.5) is 11.4 Å². The minimum absolute atomic E-state index is 0.157. The van der Waals surface area contributed by atoms with Gasteiger partial charge >= 0.3 is 0 Å². The monoisotopic (exact) mass is 477 g/mol. The lowest BCUT2D eigenvalue weighted by molar-refractivity contribution is -0.114. The number of para-hydroxylation sites is 2. The molecule has 0 aromatic heterocycles. The Kier molecular flexibility index (Phi) is 5.80. The highest BCUT2D eigenvalue weighted by molar-refractivity contribution is 7.93. The van der Waals surface area contributed by atoms with Crippen LogP contribution >= 0.6 is 0 Å². The van der Waals surface area contributed by atoms with Crippen LogP contribution in [0.25, 0.3) is 11.1 Å². The third-order valence-electron chi connectivity index (χ3n) is 5.94. The molecule has 34 heavy (non-hydrogen) atoms. The predicted molar refractivity (Wildman–Crippen MR) is 128 cm³/mol. The van der Waals surface area contributed by atoms with Crippen LogP contribution in [0, 0.1) is 0 Å². The number of hydrogen-bond acceptors (Lipinski definition) is 5. The normalized spacial score (nSPS) is 16.4. The highest BCUT2D eigenvalue weighted by Crippen LogP contribution is 2.42. The van der Waals surface area contributed by atoms with Crippen LogP contribution in [0.15, 0.2) is 77.7 Å². The largest absolute Gasteiger partial charge is 0.378 e. The Hall–Kier alpha value is -3.69. The molecule has 2 amide bonds. The molecule has 8 nitrogen and oxygen atoms in total. The minimum atomic E-state index is -3.94. The van der Waals surface area contributed by atoms with E-state index in [1.807, 2.05) is 12.1 Å². The Labute approximate surface area is 197 Å². The highest BCUT2D eigenvalue weighted by atomic mass is 32.2. The third-order valence-corrected chi connectivity index (χ3v) is 7.75. The molecule has 5 rings (SSSR count). The van der Waals surface area contributed by atoms with Crippen molar-refractivity contribution >= 4 is 33.2 Å². The van der Waals surface area contributed by atoms with Gasteiger partial charge in [-0.3, -0.25) is 13.9 Å². The van der Waals surface area contributed by atoms with E-state index in [0.717, 1.165) is 9.87 Å². The van der Waals surface area contributed by atoms with Gasteiger partial charge in [-0.05, 0) is 24.3 Å². The molecule has 2 heterocycles. The Morgan fingerprint density at radius 2 is 1.50 bits per heavy atom. The second-order valence-corrected chi connectivity index (χ2v) is 9.85. The van der Waals surface area contributed by atoms with E-state index in [0.29, 0.717) is 48.8 Å². The van der Waals surface area contributed by atoms with Crippen LogP contribution in [-0.4, -0.2) is 58.0 Å². The van der Waals surface area contributed by atoms with E-state index in [-0.39, 0.29) is 10.8 Å². The smallest absolute Gasteiger partial charge is 0.265 e. The molecular formula is C25H23N3O5S. The number of amides is 2. The lowest BCUT2D eigenvalue weighted by Gasteiger charge is -2.31. The van der Waals surface area contributed by atoms with Gasteiger partial charge in [-0.1, -0.05) is 48.5 Å². The first-order valence-electron chi connectivity index (χ1n) is 10.9. The molecule has 9 heteroatoms. The summed E-state index contributed by atoms with van der Waals surface area (Å²) in [6, 6.07) is 20.6. The number of carbonyl (C=O) groups excluding carboxylic acids is 2. The number of carbonyl (C=O) groups is 2. The zero-order valence-corrected chi connectivity index (χ0v) is 19.1. The van der Waals surface area contributed by atoms with Gasteiger partial charge in [-0.25, -0.2) is 8.42 Å². The minimum Gasteiger partial charge on any atom is -0.378 e. The molecular weight excluding hydrogens is 454 g/mol. The lowest BCUT2D eigenvalue weighted by atomic mass is 10.0. The summed E-state index contributed by atoms with van der Waals surface area (Å²) in [6.07, 6.45) is 0. The summed E-state index contributed by atoms with van der Waals surface area (Å²) in [4.78, 5) is 27.9. The molecule has 2 aliphatic rings. The summed E-state index contributed by atoms with van der Waals surface area (Å²) in [7, 11) is -3.94. The van der Waals surface area contributed by atoms with Crippen LogP contribution in [0.3, 0.4) is 0 Å².